The maximum atomic E-state index is 12.5. The zero-order valence-electron chi connectivity index (χ0n) is 47.5. The summed E-state index contributed by atoms with van der Waals surface area (Å²) in [6.45, 7) is 4.82. The van der Waals surface area contributed by atoms with E-state index in [2.05, 4.69) is 67.8 Å². The van der Waals surface area contributed by atoms with Crippen LogP contribution in [0.4, 0.5) is 0 Å². The van der Waals surface area contributed by atoms with Gasteiger partial charge in [-0.3, -0.25) is 9.59 Å². The number of esters is 1. The van der Waals surface area contributed by atoms with E-state index < -0.39 is 12.1 Å². The average Bonchev–Trinajstić information content (AvgIpc) is 3.37. The molecule has 0 aliphatic rings. The van der Waals surface area contributed by atoms with Crippen LogP contribution in [0.15, 0.2) is 48.6 Å². The lowest BCUT2D eigenvalue weighted by Crippen LogP contribution is -2.45. The number of hydrogen-bond acceptors (Lipinski definition) is 5. The smallest absolute Gasteiger partial charge is 0.305 e. The van der Waals surface area contributed by atoms with Crippen LogP contribution in [0, 0.1) is 0 Å². The lowest BCUT2D eigenvalue weighted by molar-refractivity contribution is -0.143. The van der Waals surface area contributed by atoms with Gasteiger partial charge in [0.1, 0.15) is 0 Å². The molecule has 0 aromatic carbocycles. The van der Waals surface area contributed by atoms with E-state index in [1.54, 1.807) is 0 Å². The predicted octanol–water partition coefficient (Wildman–Crippen LogP) is 19.7. The molecule has 2 unspecified atom stereocenters. The van der Waals surface area contributed by atoms with Gasteiger partial charge in [0.2, 0.25) is 5.91 Å². The van der Waals surface area contributed by atoms with Gasteiger partial charge in [-0.25, -0.2) is 0 Å². The monoisotopic (exact) mass is 996 g/mol. The third kappa shape index (κ3) is 57.0. The summed E-state index contributed by atoms with van der Waals surface area (Å²) < 4.78 is 5.41. The maximum Gasteiger partial charge on any atom is 0.305 e. The number of rotatable bonds is 58. The predicted molar refractivity (Wildman–Crippen MR) is 310 cm³/mol. The van der Waals surface area contributed by atoms with Crippen molar-refractivity contribution in [2.24, 2.45) is 0 Å². The van der Waals surface area contributed by atoms with Gasteiger partial charge in [0.25, 0.3) is 0 Å². The van der Waals surface area contributed by atoms with E-state index in [9.17, 15) is 19.8 Å². The van der Waals surface area contributed by atoms with Crippen LogP contribution in [0.3, 0.4) is 0 Å². The van der Waals surface area contributed by atoms with Gasteiger partial charge in [0.15, 0.2) is 0 Å². The summed E-state index contributed by atoms with van der Waals surface area (Å²) in [5.74, 6) is -0.0874. The molecule has 6 heteroatoms. The Kier molecular flexibility index (Phi) is 58.5. The van der Waals surface area contributed by atoms with Gasteiger partial charge in [-0.15, -0.1) is 0 Å². The fraction of sp³-hybridized carbons (Fsp3) is 0.846. The van der Waals surface area contributed by atoms with Gasteiger partial charge in [-0.2, -0.15) is 0 Å². The van der Waals surface area contributed by atoms with Crippen LogP contribution in [-0.4, -0.2) is 47.4 Å². The number of carbonyl (C=O) groups excluding carboxylic acids is 2. The Morgan fingerprint density at radius 1 is 0.394 bits per heavy atom. The number of hydrogen-bond donors (Lipinski definition) is 3. The summed E-state index contributed by atoms with van der Waals surface area (Å²) in [5, 5.41) is 23.3. The molecule has 0 heterocycles. The van der Waals surface area contributed by atoms with Crippen LogP contribution in [0.25, 0.3) is 0 Å². The lowest BCUT2D eigenvalue weighted by atomic mass is 10.0. The van der Waals surface area contributed by atoms with Crippen molar-refractivity contribution >= 4 is 11.9 Å². The Morgan fingerprint density at radius 2 is 0.704 bits per heavy atom. The van der Waals surface area contributed by atoms with Crippen LogP contribution < -0.4 is 5.32 Å². The highest BCUT2D eigenvalue weighted by Crippen LogP contribution is 2.17. The molecule has 0 aliphatic heterocycles. The molecule has 6 nitrogen and oxygen atoms in total. The van der Waals surface area contributed by atoms with Crippen molar-refractivity contribution in [3.63, 3.8) is 0 Å². The summed E-state index contributed by atoms with van der Waals surface area (Å²) in [5.41, 5.74) is 0. The number of unbranched alkanes of at least 4 members (excludes halogenated alkanes) is 39. The largest absolute Gasteiger partial charge is 0.465 e. The minimum Gasteiger partial charge on any atom is -0.465 e. The molecule has 0 saturated carbocycles. The summed E-state index contributed by atoms with van der Waals surface area (Å²) in [6, 6.07) is -0.547. The second-order valence-electron chi connectivity index (χ2n) is 21.4. The van der Waals surface area contributed by atoms with E-state index in [0.29, 0.717) is 25.9 Å². The molecular formula is C65H121NO5. The zero-order valence-corrected chi connectivity index (χ0v) is 47.5. The van der Waals surface area contributed by atoms with Gasteiger partial charge >= 0.3 is 5.97 Å². The first-order valence-corrected chi connectivity index (χ1v) is 31.4. The average molecular weight is 997 g/mol. The molecule has 0 saturated heterocycles. The second-order valence-corrected chi connectivity index (χ2v) is 21.4. The first-order valence-electron chi connectivity index (χ1n) is 31.4. The number of carbonyl (C=O) groups is 2. The molecule has 0 aliphatic carbocycles. The first-order chi connectivity index (χ1) is 35.0. The van der Waals surface area contributed by atoms with Gasteiger partial charge in [-0.1, -0.05) is 287 Å². The molecule has 1 amide bonds. The molecule has 0 aromatic rings. The number of aliphatic hydroxyl groups excluding tert-OH is 2. The van der Waals surface area contributed by atoms with E-state index >= 15 is 0 Å². The number of allylic oxidation sites excluding steroid dienone is 7. The minimum absolute atomic E-state index is 0.0382. The zero-order chi connectivity index (χ0) is 51.4. The van der Waals surface area contributed by atoms with Crippen molar-refractivity contribution in [2.75, 3.05) is 13.2 Å². The Labute approximate surface area is 442 Å². The normalized spacial score (nSPS) is 12.9. The third-order valence-corrected chi connectivity index (χ3v) is 14.4. The fourth-order valence-electron chi connectivity index (χ4n) is 9.57. The number of amides is 1. The Morgan fingerprint density at radius 3 is 1.10 bits per heavy atom. The molecule has 416 valence electrons. The quantitative estimate of drug-likeness (QED) is 0.0321. The molecule has 2 atom stereocenters. The minimum atomic E-state index is -0.669. The van der Waals surface area contributed by atoms with Crippen LogP contribution in [-0.2, 0) is 14.3 Å². The maximum absolute atomic E-state index is 12.5. The van der Waals surface area contributed by atoms with Crippen molar-refractivity contribution < 1.29 is 24.5 Å². The number of aliphatic hydroxyl groups is 2. The van der Waals surface area contributed by atoms with E-state index in [4.69, 9.17) is 4.74 Å². The van der Waals surface area contributed by atoms with Gasteiger partial charge in [0.05, 0.1) is 25.4 Å². The number of ether oxygens (including phenoxy) is 1. The Balaban J connectivity index is 3.46. The van der Waals surface area contributed by atoms with Crippen molar-refractivity contribution in [3.05, 3.63) is 48.6 Å². The van der Waals surface area contributed by atoms with Crippen LogP contribution in [0.1, 0.15) is 328 Å². The van der Waals surface area contributed by atoms with Crippen molar-refractivity contribution in [1.29, 1.82) is 0 Å². The van der Waals surface area contributed by atoms with E-state index in [1.165, 1.54) is 231 Å². The highest BCUT2D eigenvalue weighted by molar-refractivity contribution is 5.76. The first kappa shape index (κ1) is 68.8. The number of nitrogens with one attached hydrogen (secondary N) is 1. The molecule has 0 spiro atoms. The Hall–Kier alpha value is -2.18. The van der Waals surface area contributed by atoms with Gasteiger partial charge in [0, 0.05) is 12.8 Å². The molecular weight excluding hydrogens is 875 g/mol. The van der Waals surface area contributed by atoms with Crippen LogP contribution in [0.2, 0.25) is 0 Å². The van der Waals surface area contributed by atoms with Crippen molar-refractivity contribution in [2.45, 2.75) is 341 Å². The topological polar surface area (TPSA) is 95.9 Å². The molecule has 0 aromatic heterocycles. The molecule has 0 rings (SSSR count). The van der Waals surface area contributed by atoms with E-state index in [-0.39, 0.29) is 18.5 Å². The van der Waals surface area contributed by atoms with E-state index in [1.807, 2.05) is 0 Å². The fourth-order valence-corrected chi connectivity index (χ4v) is 9.57. The lowest BCUT2D eigenvalue weighted by Gasteiger charge is -2.22. The highest BCUT2D eigenvalue weighted by Gasteiger charge is 2.20. The van der Waals surface area contributed by atoms with Crippen LogP contribution >= 0.6 is 0 Å². The molecule has 0 radical (unpaired) electrons. The molecule has 0 bridgehead atoms. The van der Waals surface area contributed by atoms with Crippen LogP contribution in [0.5, 0.6) is 0 Å². The third-order valence-electron chi connectivity index (χ3n) is 14.4. The standard InChI is InChI=1S/C65H121NO5/c1-3-5-7-9-11-13-15-17-19-20-26-30-33-37-41-45-49-53-57-63(68)62(61-67)66-64(69)58-54-50-46-42-38-34-31-27-24-22-21-23-25-28-32-36-40-44-48-52-56-60-71-65(70)59-55-51-47-43-39-35-29-18-16-14-12-10-8-6-4-2/h12,14,18,29,36,40,48,52,62-63,67-68H,3-11,13,15-17,19-28,30-35,37-39,41-47,49-51,53-61H2,1-2H3,(H,66,69)/b14-12-,29-18-,40-36-,52-48-. The summed E-state index contributed by atoms with van der Waals surface area (Å²) >= 11 is 0. The summed E-state index contributed by atoms with van der Waals surface area (Å²) in [4.78, 5) is 24.5. The van der Waals surface area contributed by atoms with Crippen molar-refractivity contribution in [1.82, 2.24) is 5.32 Å². The SMILES string of the molecule is CCCCC/C=C\C/C=C\CCCCCCCC(=O)OCC/C=C\C/C=C\CCCCCCCCCCCCCCCCC(=O)NC(CO)C(O)CCCCCCCCCCCCCCCCCCCC. The highest BCUT2D eigenvalue weighted by atomic mass is 16.5. The van der Waals surface area contributed by atoms with Gasteiger partial charge in [-0.05, 0) is 77.0 Å². The molecule has 3 N–H and O–H groups in total. The van der Waals surface area contributed by atoms with Gasteiger partial charge < -0.3 is 20.3 Å². The van der Waals surface area contributed by atoms with Crippen molar-refractivity contribution in [3.8, 4) is 0 Å². The molecule has 71 heavy (non-hydrogen) atoms. The summed E-state index contributed by atoms with van der Waals surface area (Å²) in [6.07, 6.45) is 77.0. The molecule has 0 fully saturated rings. The van der Waals surface area contributed by atoms with E-state index in [0.717, 1.165) is 64.2 Å². The second kappa shape index (κ2) is 60.4. The Bertz CT molecular complexity index is 1190. The summed E-state index contributed by atoms with van der Waals surface area (Å²) in [7, 11) is 0.